The van der Waals surface area contributed by atoms with Crippen molar-refractivity contribution in [2.45, 2.75) is 25.2 Å². The second kappa shape index (κ2) is 5.18. The van der Waals surface area contributed by atoms with Crippen molar-refractivity contribution < 1.29 is 27.1 Å². The lowest BCUT2D eigenvalue weighted by atomic mass is 10.0. The van der Waals surface area contributed by atoms with Crippen molar-refractivity contribution in [2.75, 3.05) is 17.7 Å². The lowest BCUT2D eigenvalue weighted by Gasteiger charge is -2.21. The fourth-order valence-electron chi connectivity index (χ4n) is 1.79. The van der Waals surface area contributed by atoms with Crippen LogP contribution in [0.25, 0.3) is 0 Å². The fraction of sp³-hybridized carbons (Fsp3) is 0.417. The predicted octanol–water partition coefficient (Wildman–Crippen LogP) is 2.43. The van der Waals surface area contributed by atoms with Crippen LogP contribution in [0.15, 0.2) is 12.1 Å². The van der Waals surface area contributed by atoms with Gasteiger partial charge in [-0.2, -0.15) is 8.78 Å². The van der Waals surface area contributed by atoms with E-state index in [1.165, 1.54) is 12.1 Å². The summed E-state index contributed by atoms with van der Waals surface area (Å²) in [4.78, 5) is 11.2. The molecular weight excluding hydrogens is 280 g/mol. The number of alkyl halides is 4. The van der Waals surface area contributed by atoms with E-state index in [4.69, 9.17) is 5.73 Å². The van der Waals surface area contributed by atoms with E-state index in [-0.39, 0.29) is 17.3 Å². The number of carbonyl (C=O) groups excluding carboxylic acids is 1. The molecule has 1 aliphatic heterocycles. The molecule has 0 unspecified atom stereocenters. The maximum Gasteiger partial charge on any atom is 0.340 e. The zero-order valence-electron chi connectivity index (χ0n) is 10.3. The Hall–Kier alpha value is -1.99. The summed E-state index contributed by atoms with van der Waals surface area (Å²) in [6, 6.07) is 2.74. The van der Waals surface area contributed by atoms with Crippen molar-refractivity contribution in [2.24, 2.45) is 0 Å². The highest BCUT2D eigenvalue weighted by Crippen LogP contribution is 2.34. The highest BCUT2D eigenvalue weighted by atomic mass is 19.3. The molecule has 0 saturated heterocycles. The lowest BCUT2D eigenvalue weighted by molar-refractivity contribution is -0.148. The third-order valence-electron chi connectivity index (χ3n) is 2.87. The number of anilines is 2. The Labute approximate surface area is 111 Å². The Bertz CT molecular complexity index is 534. The number of fused-ring (bicyclic) bond motifs is 1. The fourth-order valence-corrected chi connectivity index (χ4v) is 1.79. The number of ether oxygens (including phenoxy) is 1. The third kappa shape index (κ3) is 2.94. The van der Waals surface area contributed by atoms with Gasteiger partial charge in [0.25, 0.3) is 0 Å². The number of carbonyl (C=O) groups is 1. The highest BCUT2D eigenvalue weighted by molar-refractivity contribution is 5.94. The van der Waals surface area contributed by atoms with E-state index in [0.29, 0.717) is 18.5 Å². The first kappa shape index (κ1) is 14.4. The lowest BCUT2D eigenvalue weighted by Crippen LogP contribution is -2.34. The number of benzene rings is 1. The van der Waals surface area contributed by atoms with Crippen LogP contribution in [0.1, 0.15) is 12.0 Å². The number of aryl methyl sites for hydroxylation is 1. The average molecular weight is 292 g/mol. The van der Waals surface area contributed by atoms with E-state index in [9.17, 15) is 22.4 Å². The predicted molar refractivity (Wildman–Crippen MR) is 64.3 cm³/mol. The molecule has 1 aliphatic rings. The van der Waals surface area contributed by atoms with Gasteiger partial charge in [0, 0.05) is 18.2 Å². The monoisotopic (exact) mass is 292 g/mol. The number of hydrogen-bond acceptors (Lipinski definition) is 3. The van der Waals surface area contributed by atoms with E-state index in [2.05, 4.69) is 10.1 Å². The van der Waals surface area contributed by atoms with E-state index >= 15 is 0 Å². The smallest absolute Gasteiger partial charge is 0.340 e. The number of nitrogens with one attached hydrogen (secondary N) is 1. The van der Waals surface area contributed by atoms with Gasteiger partial charge < -0.3 is 15.8 Å². The Morgan fingerprint density at radius 1 is 1.35 bits per heavy atom. The third-order valence-corrected chi connectivity index (χ3v) is 2.87. The summed E-state index contributed by atoms with van der Waals surface area (Å²) >= 11 is 0. The van der Waals surface area contributed by atoms with Gasteiger partial charge in [0.1, 0.15) is 5.75 Å². The molecular formula is C12H12F4N2O2. The van der Waals surface area contributed by atoms with Crippen molar-refractivity contribution in [3.63, 3.8) is 0 Å². The quantitative estimate of drug-likeness (QED) is 0.661. The van der Waals surface area contributed by atoms with E-state index < -0.39 is 19.0 Å². The van der Waals surface area contributed by atoms with Crippen LogP contribution in [0, 0.1) is 0 Å². The van der Waals surface area contributed by atoms with Crippen LogP contribution >= 0.6 is 0 Å². The molecule has 0 radical (unpaired) electrons. The van der Waals surface area contributed by atoms with Gasteiger partial charge in [0.05, 0.1) is 5.69 Å². The Balaban J connectivity index is 2.17. The van der Waals surface area contributed by atoms with Crippen LogP contribution < -0.4 is 15.8 Å². The van der Waals surface area contributed by atoms with Crippen molar-refractivity contribution in [3.8, 4) is 5.75 Å². The van der Waals surface area contributed by atoms with Crippen LogP contribution in [0.4, 0.5) is 28.9 Å². The van der Waals surface area contributed by atoms with Crippen LogP contribution in [0.3, 0.4) is 0 Å². The largest absolute Gasteiger partial charge is 0.485 e. The van der Waals surface area contributed by atoms with Gasteiger partial charge in [0.15, 0.2) is 6.61 Å². The van der Waals surface area contributed by atoms with Gasteiger partial charge in [-0.3, -0.25) is 4.79 Å². The van der Waals surface area contributed by atoms with Gasteiger partial charge in [-0.05, 0) is 18.1 Å². The van der Waals surface area contributed by atoms with Crippen molar-refractivity contribution in [3.05, 3.63) is 17.7 Å². The number of rotatable bonds is 4. The van der Waals surface area contributed by atoms with Crippen molar-refractivity contribution >= 4 is 17.3 Å². The molecule has 1 heterocycles. The number of halogens is 4. The molecule has 0 saturated carbocycles. The molecule has 0 bridgehead atoms. The Morgan fingerprint density at radius 2 is 2.05 bits per heavy atom. The molecule has 0 aliphatic carbocycles. The first-order chi connectivity index (χ1) is 9.29. The number of hydrogen-bond donors (Lipinski definition) is 2. The molecule has 1 amide bonds. The van der Waals surface area contributed by atoms with Crippen LogP contribution in [-0.2, 0) is 11.2 Å². The minimum Gasteiger partial charge on any atom is -0.485 e. The standard InChI is InChI=1S/C12H12F4N2O2/c13-11(14)12(15,16)5-20-9-4-8-6(3-7(9)17)1-2-10(19)18-8/h3-4,11H,1-2,5,17H2,(H,18,19). The zero-order valence-corrected chi connectivity index (χ0v) is 10.3. The van der Waals surface area contributed by atoms with Gasteiger partial charge in [-0.1, -0.05) is 0 Å². The summed E-state index contributed by atoms with van der Waals surface area (Å²) in [6.07, 6.45) is -3.05. The maximum absolute atomic E-state index is 12.8. The second-order valence-electron chi connectivity index (χ2n) is 4.45. The molecule has 4 nitrogen and oxygen atoms in total. The molecule has 20 heavy (non-hydrogen) atoms. The minimum atomic E-state index is -4.26. The molecule has 1 aromatic carbocycles. The van der Waals surface area contributed by atoms with Crippen molar-refractivity contribution in [1.29, 1.82) is 0 Å². The van der Waals surface area contributed by atoms with Crippen LogP contribution in [0.5, 0.6) is 5.75 Å². The van der Waals surface area contributed by atoms with Crippen LogP contribution in [0.2, 0.25) is 0 Å². The summed E-state index contributed by atoms with van der Waals surface area (Å²) in [5.74, 6) is -4.64. The molecule has 3 N–H and O–H groups in total. The first-order valence-corrected chi connectivity index (χ1v) is 5.80. The summed E-state index contributed by atoms with van der Waals surface area (Å²) in [7, 11) is 0. The first-order valence-electron chi connectivity index (χ1n) is 5.80. The van der Waals surface area contributed by atoms with Crippen LogP contribution in [-0.4, -0.2) is 24.9 Å². The minimum absolute atomic E-state index is 0.0602. The SMILES string of the molecule is Nc1cc2c(cc1OCC(F)(F)C(F)F)NC(=O)CC2. The van der Waals surface area contributed by atoms with E-state index in [1.807, 2.05) is 0 Å². The molecule has 8 heteroatoms. The molecule has 110 valence electrons. The Morgan fingerprint density at radius 3 is 2.70 bits per heavy atom. The molecule has 2 rings (SSSR count). The second-order valence-corrected chi connectivity index (χ2v) is 4.45. The summed E-state index contributed by atoms with van der Waals surface area (Å²) in [5.41, 5.74) is 6.81. The zero-order chi connectivity index (χ0) is 14.9. The Kier molecular flexibility index (Phi) is 3.74. The molecule has 0 fully saturated rings. The number of nitrogens with two attached hydrogens (primary N) is 1. The van der Waals surface area contributed by atoms with Gasteiger partial charge >= 0.3 is 12.3 Å². The molecule has 1 aromatic rings. The maximum atomic E-state index is 12.8. The van der Waals surface area contributed by atoms with Gasteiger partial charge in [-0.15, -0.1) is 0 Å². The van der Waals surface area contributed by atoms with E-state index in [0.717, 1.165) is 5.56 Å². The molecule has 0 spiro atoms. The summed E-state index contributed by atoms with van der Waals surface area (Å²) in [6.45, 7) is -1.48. The molecule has 0 atom stereocenters. The number of nitrogen functional groups attached to an aromatic ring is 1. The topological polar surface area (TPSA) is 64.3 Å². The van der Waals surface area contributed by atoms with Gasteiger partial charge in [-0.25, -0.2) is 8.78 Å². The van der Waals surface area contributed by atoms with Crippen molar-refractivity contribution in [1.82, 2.24) is 0 Å². The summed E-state index contributed by atoms with van der Waals surface area (Å²) in [5, 5.41) is 2.54. The highest BCUT2D eigenvalue weighted by Gasteiger charge is 2.41. The number of amides is 1. The summed E-state index contributed by atoms with van der Waals surface area (Å²) < 4.78 is 54.3. The van der Waals surface area contributed by atoms with E-state index in [1.54, 1.807) is 0 Å². The average Bonchev–Trinajstić information content (AvgIpc) is 2.36. The molecule has 0 aromatic heterocycles. The normalized spacial score (nSPS) is 14.9. The van der Waals surface area contributed by atoms with Gasteiger partial charge in [0.2, 0.25) is 5.91 Å².